The normalized spacial score (nSPS) is 24.0. The molecule has 180 valence electrons. The average Bonchev–Trinajstić information content (AvgIpc) is 3.39. The molecule has 0 aromatic heterocycles. The number of hydrogen-bond acceptors (Lipinski definition) is 0. The SMILES string of the molecule is CC(C)(C)c1ccc2c(c1)-c1cc(C(C)(C)C)ccc1C2C1CCCCCC(C2=CC=CC2)[SiH2]1. The lowest BCUT2D eigenvalue weighted by atomic mass is 9.83. The summed E-state index contributed by atoms with van der Waals surface area (Å²) in [6.07, 6.45) is 15.5. The van der Waals surface area contributed by atoms with E-state index in [9.17, 15) is 0 Å². The van der Waals surface area contributed by atoms with E-state index in [0.717, 1.165) is 11.1 Å². The zero-order valence-corrected chi connectivity index (χ0v) is 23.8. The Balaban J connectivity index is 1.60. The quantitative estimate of drug-likeness (QED) is 0.386. The summed E-state index contributed by atoms with van der Waals surface area (Å²) < 4.78 is 0. The molecule has 1 saturated heterocycles. The molecule has 0 spiro atoms. The van der Waals surface area contributed by atoms with E-state index in [1.54, 1.807) is 16.7 Å². The molecular formula is C33H44Si. The van der Waals surface area contributed by atoms with Crippen LogP contribution in [0.25, 0.3) is 11.1 Å². The van der Waals surface area contributed by atoms with Gasteiger partial charge in [0.05, 0.1) is 0 Å². The Labute approximate surface area is 210 Å². The third kappa shape index (κ3) is 4.53. The third-order valence-electron chi connectivity index (χ3n) is 8.81. The highest BCUT2D eigenvalue weighted by Crippen LogP contribution is 2.54. The third-order valence-corrected chi connectivity index (χ3v) is 11.8. The van der Waals surface area contributed by atoms with Crippen molar-refractivity contribution in [3.63, 3.8) is 0 Å². The standard InChI is InChI=1S/C33H44Si/c1-32(2,3)23-16-18-25-27(20-23)28-21-24(33(4,5)6)17-19-26(28)31(25)30-15-9-7-8-14-29(34-30)22-12-10-11-13-22/h10-12,16-21,29-31H,7-9,13-15,34H2,1-6H3. The highest BCUT2D eigenvalue weighted by Gasteiger charge is 2.37. The second-order valence-corrected chi connectivity index (χ2v) is 15.8. The molecule has 0 radical (unpaired) electrons. The summed E-state index contributed by atoms with van der Waals surface area (Å²) in [6, 6.07) is 15.0. The van der Waals surface area contributed by atoms with E-state index >= 15 is 0 Å². The van der Waals surface area contributed by atoms with Crippen molar-refractivity contribution in [2.45, 2.75) is 108 Å². The summed E-state index contributed by atoms with van der Waals surface area (Å²) in [6.45, 7) is 14.1. The lowest BCUT2D eigenvalue weighted by Gasteiger charge is -2.32. The van der Waals surface area contributed by atoms with Crippen molar-refractivity contribution >= 4 is 9.52 Å². The molecular weight excluding hydrogens is 424 g/mol. The van der Waals surface area contributed by atoms with Crippen LogP contribution in [-0.4, -0.2) is 9.52 Å². The fraction of sp³-hybridized carbons (Fsp3) is 0.515. The molecule has 3 aliphatic rings. The minimum absolute atomic E-state index is 0.178. The molecule has 1 aliphatic heterocycles. The van der Waals surface area contributed by atoms with Crippen LogP contribution in [0.5, 0.6) is 0 Å². The molecule has 2 atom stereocenters. The predicted octanol–water partition coefficient (Wildman–Crippen LogP) is 8.99. The number of benzene rings is 2. The van der Waals surface area contributed by atoms with Gasteiger partial charge in [-0.2, -0.15) is 0 Å². The van der Waals surface area contributed by atoms with Crippen molar-refractivity contribution in [1.29, 1.82) is 0 Å². The van der Waals surface area contributed by atoms with E-state index in [4.69, 9.17) is 0 Å². The van der Waals surface area contributed by atoms with Gasteiger partial charge in [-0.3, -0.25) is 0 Å². The first-order valence-electron chi connectivity index (χ1n) is 13.8. The molecule has 0 amide bonds. The van der Waals surface area contributed by atoms with Gasteiger partial charge in [-0.05, 0) is 68.1 Å². The zero-order valence-electron chi connectivity index (χ0n) is 22.4. The van der Waals surface area contributed by atoms with E-state index in [1.165, 1.54) is 60.8 Å². The van der Waals surface area contributed by atoms with E-state index in [1.807, 2.05) is 0 Å². The summed E-state index contributed by atoms with van der Waals surface area (Å²) in [5, 5.41) is 0. The van der Waals surface area contributed by atoms with Crippen LogP contribution >= 0.6 is 0 Å². The summed E-state index contributed by atoms with van der Waals surface area (Å²) in [7, 11) is -0.241. The van der Waals surface area contributed by atoms with E-state index in [-0.39, 0.29) is 20.3 Å². The monoisotopic (exact) mass is 468 g/mol. The molecule has 1 fully saturated rings. The summed E-state index contributed by atoms with van der Waals surface area (Å²) in [5.41, 5.74) is 13.1. The largest absolute Gasteiger partial charge is 0.0805 e. The molecule has 2 unspecified atom stereocenters. The number of hydrogen-bond donors (Lipinski definition) is 0. The van der Waals surface area contributed by atoms with Crippen molar-refractivity contribution in [2.24, 2.45) is 0 Å². The Morgan fingerprint density at radius 1 is 0.735 bits per heavy atom. The highest BCUT2D eigenvalue weighted by atomic mass is 28.2. The predicted molar refractivity (Wildman–Crippen MR) is 152 cm³/mol. The minimum Gasteiger partial charge on any atom is -0.0805 e. The first kappa shape index (κ1) is 23.9. The van der Waals surface area contributed by atoms with Gasteiger partial charge in [0.15, 0.2) is 0 Å². The van der Waals surface area contributed by atoms with Gasteiger partial charge in [0.25, 0.3) is 0 Å². The zero-order chi connectivity index (χ0) is 24.1. The molecule has 2 aromatic rings. The lowest BCUT2D eigenvalue weighted by Crippen LogP contribution is -2.21. The fourth-order valence-electron chi connectivity index (χ4n) is 6.71. The van der Waals surface area contributed by atoms with Crippen LogP contribution in [0, 0.1) is 0 Å². The van der Waals surface area contributed by atoms with Gasteiger partial charge >= 0.3 is 0 Å². The maximum absolute atomic E-state index is 2.55. The highest BCUT2D eigenvalue weighted by molar-refractivity contribution is 6.41. The molecule has 34 heavy (non-hydrogen) atoms. The summed E-state index contributed by atoms with van der Waals surface area (Å²) in [4.78, 5) is 0. The van der Waals surface area contributed by atoms with E-state index in [2.05, 4.69) is 96.2 Å². The van der Waals surface area contributed by atoms with Crippen molar-refractivity contribution in [3.05, 3.63) is 82.5 Å². The fourth-order valence-corrected chi connectivity index (χ4v) is 9.88. The molecule has 1 heteroatoms. The number of fused-ring (bicyclic) bond motifs is 3. The summed E-state index contributed by atoms with van der Waals surface area (Å²) >= 11 is 0. The van der Waals surface area contributed by atoms with Crippen molar-refractivity contribution in [1.82, 2.24) is 0 Å². The maximum atomic E-state index is 2.55. The van der Waals surface area contributed by atoms with Gasteiger partial charge < -0.3 is 0 Å². The second kappa shape index (κ2) is 8.97. The van der Waals surface area contributed by atoms with Crippen molar-refractivity contribution in [2.75, 3.05) is 0 Å². The number of allylic oxidation sites excluding steroid dienone is 4. The molecule has 0 saturated carbocycles. The number of rotatable bonds is 2. The van der Waals surface area contributed by atoms with Crippen LogP contribution in [0.3, 0.4) is 0 Å². The van der Waals surface area contributed by atoms with Crippen molar-refractivity contribution in [3.8, 4) is 11.1 Å². The first-order chi connectivity index (χ1) is 16.1. The Hall–Kier alpha value is -1.86. The van der Waals surface area contributed by atoms with Gasteiger partial charge in [-0.15, -0.1) is 0 Å². The van der Waals surface area contributed by atoms with Crippen LogP contribution < -0.4 is 0 Å². The lowest BCUT2D eigenvalue weighted by molar-refractivity contribution is 0.541. The van der Waals surface area contributed by atoms with Crippen LogP contribution in [0.4, 0.5) is 0 Å². The van der Waals surface area contributed by atoms with Crippen LogP contribution in [0.2, 0.25) is 11.1 Å². The molecule has 2 aliphatic carbocycles. The maximum Gasteiger partial charge on any atom is 0.0327 e. The Morgan fingerprint density at radius 2 is 1.32 bits per heavy atom. The Morgan fingerprint density at radius 3 is 1.85 bits per heavy atom. The van der Waals surface area contributed by atoms with Gasteiger partial charge in [-0.25, -0.2) is 0 Å². The Bertz CT molecular complexity index is 1050. The van der Waals surface area contributed by atoms with Gasteiger partial charge in [-0.1, -0.05) is 127 Å². The summed E-state index contributed by atoms with van der Waals surface area (Å²) in [5.74, 6) is 0.607. The minimum atomic E-state index is -0.241. The molecule has 1 heterocycles. The van der Waals surface area contributed by atoms with Gasteiger partial charge in [0.2, 0.25) is 0 Å². The Kier molecular flexibility index (Phi) is 6.30. The van der Waals surface area contributed by atoms with Crippen molar-refractivity contribution < 1.29 is 0 Å². The van der Waals surface area contributed by atoms with Crippen LogP contribution in [0.1, 0.15) is 108 Å². The smallest absolute Gasteiger partial charge is 0.0327 e. The first-order valence-corrected chi connectivity index (χ1v) is 15.4. The van der Waals surface area contributed by atoms with Crippen LogP contribution in [0.15, 0.2) is 60.2 Å². The second-order valence-electron chi connectivity index (χ2n) is 13.3. The molecule has 0 N–H and O–H groups in total. The van der Waals surface area contributed by atoms with E-state index < -0.39 is 0 Å². The van der Waals surface area contributed by atoms with Gasteiger partial charge in [0, 0.05) is 15.4 Å². The molecule has 0 nitrogen and oxygen atoms in total. The molecule has 5 rings (SSSR count). The molecule has 0 bridgehead atoms. The topological polar surface area (TPSA) is 0 Å². The van der Waals surface area contributed by atoms with Gasteiger partial charge in [0.1, 0.15) is 0 Å². The molecule has 2 aromatic carbocycles. The van der Waals surface area contributed by atoms with E-state index in [0.29, 0.717) is 5.92 Å². The van der Waals surface area contributed by atoms with Crippen LogP contribution in [-0.2, 0) is 10.8 Å². The average molecular weight is 469 g/mol.